The molecule has 0 N–H and O–H groups in total. The van der Waals surface area contributed by atoms with Crippen molar-refractivity contribution in [1.29, 1.82) is 0 Å². The van der Waals surface area contributed by atoms with E-state index < -0.39 is 14.9 Å². The van der Waals surface area contributed by atoms with Crippen molar-refractivity contribution in [2.24, 2.45) is 5.92 Å². The first-order valence-corrected chi connectivity index (χ1v) is 7.84. The fourth-order valence-corrected chi connectivity index (χ4v) is 3.52. The van der Waals surface area contributed by atoms with Crippen LogP contribution in [0.4, 0.5) is 0 Å². The molecule has 0 aromatic carbocycles. The van der Waals surface area contributed by atoms with Crippen LogP contribution in [0, 0.1) is 5.92 Å². The third-order valence-electron chi connectivity index (χ3n) is 3.99. The second-order valence-electron chi connectivity index (χ2n) is 5.74. The predicted octanol–water partition coefficient (Wildman–Crippen LogP) is 0.0931. The fourth-order valence-electron chi connectivity index (χ4n) is 2.71. The van der Waals surface area contributed by atoms with Crippen LogP contribution in [-0.2, 0) is 10.1 Å². The van der Waals surface area contributed by atoms with Crippen LogP contribution in [0.25, 0.3) is 0 Å². The minimum atomic E-state index is -4.38. The molecule has 0 amide bonds. The topological polar surface area (TPSA) is 57.2 Å². The van der Waals surface area contributed by atoms with Gasteiger partial charge in [0, 0.05) is 0 Å². The van der Waals surface area contributed by atoms with Gasteiger partial charge >= 0.3 is 29.6 Å². The van der Waals surface area contributed by atoms with Crippen LogP contribution in [0.5, 0.6) is 0 Å². The molecule has 0 aromatic heterocycles. The van der Waals surface area contributed by atoms with Crippen molar-refractivity contribution in [1.82, 2.24) is 0 Å². The minimum absolute atomic E-state index is 0. The molecule has 2 aliphatic rings. The molecule has 1 atom stereocenters. The van der Waals surface area contributed by atoms with Crippen molar-refractivity contribution in [2.75, 3.05) is 0 Å². The summed E-state index contributed by atoms with van der Waals surface area (Å²) in [5, 5.41) is 0. The van der Waals surface area contributed by atoms with Crippen LogP contribution < -0.4 is 29.6 Å². The maximum absolute atomic E-state index is 11.6. The summed E-state index contributed by atoms with van der Waals surface area (Å²) in [5.74, 6) is 0.361. The molecule has 3 nitrogen and oxygen atoms in total. The normalized spacial score (nSPS) is 25.9. The van der Waals surface area contributed by atoms with Crippen molar-refractivity contribution in [2.45, 2.75) is 38.9 Å². The molecule has 0 saturated carbocycles. The number of rotatable bonds is 2. The van der Waals surface area contributed by atoms with E-state index in [9.17, 15) is 13.0 Å². The van der Waals surface area contributed by atoms with Crippen molar-refractivity contribution >= 4 is 10.1 Å². The second-order valence-corrected chi connectivity index (χ2v) is 7.55. The van der Waals surface area contributed by atoms with Gasteiger partial charge in [0.1, 0.15) is 10.1 Å². The number of hydrogen-bond donors (Lipinski definition) is 0. The number of fused-ring (bicyclic) bond motifs is 1. The van der Waals surface area contributed by atoms with Crippen LogP contribution in [0.15, 0.2) is 46.6 Å². The average molecular weight is 302 g/mol. The molecule has 0 radical (unpaired) electrons. The summed E-state index contributed by atoms with van der Waals surface area (Å²) in [7, 11) is -4.38. The second kappa shape index (κ2) is 5.93. The predicted molar refractivity (Wildman–Crippen MR) is 75.6 cm³/mol. The molecule has 0 bridgehead atoms. The van der Waals surface area contributed by atoms with Gasteiger partial charge in [0.15, 0.2) is 0 Å². The van der Waals surface area contributed by atoms with E-state index in [1.54, 1.807) is 0 Å². The van der Waals surface area contributed by atoms with Gasteiger partial charge in [-0.2, -0.15) is 0 Å². The van der Waals surface area contributed by atoms with Crippen LogP contribution in [0.2, 0.25) is 0 Å². The Hall–Kier alpha value is -0.130. The number of hydrogen-bond acceptors (Lipinski definition) is 3. The van der Waals surface area contributed by atoms with Gasteiger partial charge in [-0.3, -0.25) is 0 Å². The van der Waals surface area contributed by atoms with Gasteiger partial charge in [0.05, 0.1) is 4.75 Å². The van der Waals surface area contributed by atoms with Crippen LogP contribution >= 0.6 is 0 Å². The first kappa shape index (κ1) is 17.9. The van der Waals surface area contributed by atoms with Crippen molar-refractivity contribution in [3.8, 4) is 0 Å². The largest absolute Gasteiger partial charge is 1.00 e. The van der Waals surface area contributed by atoms with Gasteiger partial charge in [0.25, 0.3) is 0 Å². The summed E-state index contributed by atoms with van der Waals surface area (Å²) in [6, 6.07) is 0. The molecule has 0 aromatic rings. The SMILES string of the molecule is CC1=C2C(=CCC2(C)S(=O)(=O)[O-])C=C(C(C)C)C=C1.[Na+]. The van der Waals surface area contributed by atoms with E-state index in [-0.39, 0.29) is 36.0 Å². The van der Waals surface area contributed by atoms with E-state index in [1.807, 2.05) is 31.2 Å². The molecule has 0 aliphatic heterocycles. The van der Waals surface area contributed by atoms with Gasteiger partial charge in [0.2, 0.25) is 0 Å². The van der Waals surface area contributed by atoms with Gasteiger partial charge in [-0.25, -0.2) is 8.42 Å². The minimum Gasteiger partial charge on any atom is -0.747 e. The molecule has 1 unspecified atom stereocenters. The summed E-state index contributed by atoms with van der Waals surface area (Å²) >= 11 is 0. The Morgan fingerprint density at radius 2 is 1.90 bits per heavy atom. The Morgan fingerprint density at radius 3 is 2.40 bits per heavy atom. The third-order valence-corrected chi connectivity index (χ3v) is 5.46. The third kappa shape index (κ3) is 2.90. The Morgan fingerprint density at radius 1 is 1.30 bits per heavy atom. The Bertz CT molecular complexity index is 636. The first-order chi connectivity index (χ1) is 8.67. The summed E-state index contributed by atoms with van der Waals surface area (Å²) < 4.78 is 33.5. The van der Waals surface area contributed by atoms with E-state index in [0.29, 0.717) is 11.5 Å². The molecule has 0 heterocycles. The van der Waals surface area contributed by atoms with Crippen molar-refractivity contribution < 1.29 is 42.5 Å². The molecule has 0 spiro atoms. The molecular weight excluding hydrogens is 283 g/mol. The summed E-state index contributed by atoms with van der Waals surface area (Å²) in [6.07, 6.45) is 8.05. The van der Waals surface area contributed by atoms with Crippen LogP contribution in [0.3, 0.4) is 0 Å². The molecule has 104 valence electrons. The summed E-state index contributed by atoms with van der Waals surface area (Å²) in [5.41, 5.74) is 3.55. The van der Waals surface area contributed by atoms with Crippen LogP contribution in [0.1, 0.15) is 34.1 Å². The van der Waals surface area contributed by atoms with E-state index in [2.05, 4.69) is 13.8 Å². The van der Waals surface area contributed by atoms with E-state index in [0.717, 1.165) is 16.7 Å². The van der Waals surface area contributed by atoms with E-state index >= 15 is 0 Å². The first-order valence-electron chi connectivity index (χ1n) is 6.44. The standard InChI is InChI=1S/C15H20O3S.Na/c1-10(2)12-6-5-11(3)14-13(9-12)7-8-15(14,4)19(16,17)18;/h5-7,9-10H,8H2,1-4H3,(H,16,17,18);/q;+1/p-1. The maximum Gasteiger partial charge on any atom is 1.00 e. The zero-order valence-electron chi connectivity index (χ0n) is 12.7. The number of allylic oxidation sites excluding steroid dienone is 7. The Kier molecular flexibility index (Phi) is 5.32. The Balaban J connectivity index is 0.00000200. The molecule has 5 heteroatoms. The van der Waals surface area contributed by atoms with E-state index in [4.69, 9.17) is 0 Å². The molecule has 0 saturated heterocycles. The van der Waals surface area contributed by atoms with Crippen molar-refractivity contribution in [3.63, 3.8) is 0 Å². The van der Waals surface area contributed by atoms with E-state index in [1.165, 1.54) is 6.92 Å². The molecular formula is C15H19NaO3S. The quantitative estimate of drug-likeness (QED) is 0.537. The zero-order chi connectivity index (χ0) is 14.4. The smallest absolute Gasteiger partial charge is 0.747 e. The zero-order valence-corrected chi connectivity index (χ0v) is 15.5. The fraction of sp³-hybridized carbons (Fsp3) is 0.467. The van der Waals surface area contributed by atoms with Crippen LogP contribution in [-0.4, -0.2) is 17.7 Å². The molecule has 2 aliphatic carbocycles. The maximum atomic E-state index is 11.6. The van der Waals surface area contributed by atoms with Gasteiger partial charge in [-0.15, -0.1) is 0 Å². The molecule has 2 rings (SSSR count). The van der Waals surface area contributed by atoms with Crippen molar-refractivity contribution in [3.05, 3.63) is 46.6 Å². The monoisotopic (exact) mass is 302 g/mol. The Labute approximate surface area is 143 Å². The summed E-state index contributed by atoms with van der Waals surface area (Å²) in [4.78, 5) is 0. The van der Waals surface area contributed by atoms with Gasteiger partial charge < -0.3 is 4.55 Å². The molecule has 20 heavy (non-hydrogen) atoms. The van der Waals surface area contributed by atoms with Gasteiger partial charge in [-0.1, -0.05) is 38.2 Å². The van der Waals surface area contributed by atoms with Gasteiger partial charge in [-0.05, 0) is 48.5 Å². The summed E-state index contributed by atoms with van der Waals surface area (Å²) in [6.45, 7) is 7.58. The average Bonchev–Trinajstić information content (AvgIpc) is 2.51. The molecule has 0 fully saturated rings.